The van der Waals surface area contributed by atoms with Gasteiger partial charge in [0.1, 0.15) is 11.4 Å². The van der Waals surface area contributed by atoms with Crippen molar-refractivity contribution < 1.29 is 19.7 Å². The molecule has 7 nitrogen and oxygen atoms in total. The van der Waals surface area contributed by atoms with E-state index in [0.29, 0.717) is 41.8 Å². The Kier molecular flexibility index (Phi) is 4.75. The topological polar surface area (TPSA) is 101 Å². The molecule has 2 aliphatic rings. The zero-order valence-corrected chi connectivity index (χ0v) is 20.8. The Labute approximate surface area is 219 Å². The summed E-state index contributed by atoms with van der Waals surface area (Å²) in [4.78, 5) is 4.19. The average Bonchev–Trinajstić information content (AvgIpc) is 3.52. The van der Waals surface area contributed by atoms with Crippen molar-refractivity contribution in [2.75, 3.05) is 6.61 Å². The van der Waals surface area contributed by atoms with Gasteiger partial charge in [-0.3, -0.25) is 9.55 Å². The third-order valence-electron chi connectivity index (χ3n) is 8.20. The van der Waals surface area contributed by atoms with Crippen LogP contribution in [0.4, 0.5) is 0 Å². The van der Waals surface area contributed by atoms with E-state index >= 15 is 0 Å². The number of benzene rings is 3. The summed E-state index contributed by atoms with van der Waals surface area (Å²) in [5, 5.41) is 36.3. The van der Waals surface area contributed by atoms with E-state index < -0.39 is 11.2 Å². The predicted octanol–water partition coefficient (Wildman–Crippen LogP) is 6.17. The van der Waals surface area contributed by atoms with Crippen molar-refractivity contribution in [1.29, 1.82) is 5.26 Å². The number of hydrogen-bond acceptors (Lipinski definition) is 6. The van der Waals surface area contributed by atoms with E-state index in [4.69, 9.17) is 9.47 Å². The van der Waals surface area contributed by atoms with E-state index in [1.807, 2.05) is 61.7 Å². The molecule has 5 aromatic rings. The van der Waals surface area contributed by atoms with Gasteiger partial charge in [-0.25, -0.2) is 0 Å². The first-order valence-electron chi connectivity index (χ1n) is 12.7. The number of nitrogens with zero attached hydrogens (tertiary/aromatic N) is 3. The standard InChI is InChI=1S/C31H25N3O4/c1-30-12-13-31(38-30,14-16-37-25-8-4-5-20-18-33-15-11-22(20)25)27-26(30)28(35)34(29(27)36)24-10-9-19(17-32)21-6-2-3-7-23(21)24/h2-11,15,18,35-36H,12-14,16H2,1H3. The van der Waals surface area contributed by atoms with Gasteiger partial charge in [-0.15, -0.1) is 0 Å². The molecular weight excluding hydrogens is 478 g/mol. The number of pyridine rings is 1. The van der Waals surface area contributed by atoms with Crippen molar-refractivity contribution in [2.45, 2.75) is 37.4 Å². The normalized spacial score (nSPS) is 21.6. The highest BCUT2D eigenvalue weighted by Gasteiger charge is 2.61. The lowest BCUT2D eigenvalue weighted by Crippen LogP contribution is -2.25. The summed E-state index contributed by atoms with van der Waals surface area (Å²) in [5.41, 5.74) is 0.925. The summed E-state index contributed by atoms with van der Waals surface area (Å²) in [7, 11) is 0. The molecule has 2 N–H and O–H groups in total. The highest BCUT2D eigenvalue weighted by atomic mass is 16.5. The lowest BCUT2D eigenvalue weighted by Gasteiger charge is -2.26. The van der Waals surface area contributed by atoms with Crippen molar-refractivity contribution in [3.8, 4) is 29.3 Å². The highest BCUT2D eigenvalue weighted by Crippen LogP contribution is 2.65. The Morgan fingerprint density at radius 3 is 2.63 bits per heavy atom. The van der Waals surface area contributed by atoms with Crippen LogP contribution in [-0.4, -0.2) is 26.4 Å². The van der Waals surface area contributed by atoms with Gasteiger partial charge in [0.05, 0.1) is 40.7 Å². The van der Waals surface area contributed by atoms with E-state index in [1.165, 1.54) is 4.57 Å². The van der Waals surface area contributed by atoms with Crippen molar-refractivity contribution >= 4 is 21.5 Å². The molecule has 1 saturated heterocycles. The van der Waals surface area contributed by atoms with Crippen LogP contribution in [0.1, 0.15) is 42.9 Å². The summed E-state index contributed by atoms with van der Waals surface area (Å²) < 4.78 is 14.3. The first-order valence-corrected chi connectivity index (χ1v) is 12.7. The second-order valence-corrected chi connectivity index (χ2v) is 10.3. The van der Waals surface area contributed by atoms with Gasteiger partial charge in [-0.05, 0) is 44.0 Å². The molecule has 2 aromatic heterocycles. The van der Waals surface area contributed by atoms with Gasteiger partial charge in [0, 0.05) is 40.4 Å². The summed E-state index contributed by atoms with van der Waals surface area (Å²) in [6.07, 6.45) is 5.52. The van der Waals surface area contributed by atoms with Crippen molar-refractivity contribution in [3.63, 3.8) is 0 Å². The number of fused-ring (bicyclic) bond motifs is 7. The first kappa shape index (κ1) is 22.6. The molecule has 1 fully saturated rings. The molecule has 7 heteroatoms. The van der Waals surface area contributed by atoms with E-state index in [0.717, 1.165) is 33.7 Å². The molecule has 188 valence electrons. The number of ether oxygens (including phenoxy) is 2. The lowest BCUT2D eigenvalue weighted by atomic mass is 9.78. The molecule has 0 spiro atoms. The van der Waals surface area contributed by atoms with Crippen LogP contribution in [-0.2, 0) is 15.9 Å². The Morgan fingerprint density at radius 2 is 1.79 bits per heavy atom. The molecule has 2 atom stereocenters. The van der Waals surface area contributed by atoms with Crippen LogP contribution in [0.5, 0.6) is 17.5 Å². The largest absolute Gasteiger partial charge is 0.494 e. The van der Waals surface area contributed by atoms with Gasteiger partial charge in [0.25, 0.3) is 0 Å². The highest BCUT2D eigenvalue weighted by molar-refractivity contribution is 5.95. The van der Waals surface area contributed by atoms with Gasteiger partial charge in [0.2, 0.25) is 11.8 Å². The van der Waals surface area contributed by atoms with Crippen molar-refractivity contribution in [3.05, 3.63) is 89.7 Å². The summed E-state index contributed by atoms with van der Waals surface area (Å²) >= 11 is 0. The molecule has 0 radical (unpaired) electrons. The third-order valence-corrected chi connectivity index (χ3v) is 8.20. The number of aromatic nitrogens is 2. The molecule has 7 rings (SSSR count). The monoisotopic (exact) mass is 503 g/mol. The number of rotatable bonds is 5. The zero-order valence-electron chi connectivity index (χ0n) is 20.8. The molecule has 0 aliphatic carbocycles. The van der Waals surface area contributed by atoms with E-state index in [-0.39, 0.29) is 11.8 Å². The molecule has 2 aliphatic heterocycles. The maximum Gasteiger partial charge on any atom is 0.205 e. The second-order valence-electron chi connectivity index (χ2n) is 10.3. The fourth-order valence-corrected chi connectivity index (χ4v) is 6.46. The summed E-state index contributed by atoms with van der Waals surface area (Å²) in [5.74, 6) is 0.708. The molecule has 2 unspecified atom stereocenters. The molecule has 0 amide bonds. The Balaban J connectivity index is 1.29. The average molecular weight is 504 g/mol. The number of nitriles is 1. The minimum absolute atomic E-state index is 0.0288. The summed E-state index contributed by atoms with van der Waals surface area (Å²) in [6.45, 7) is 2.35. The SMILES string of the molecule is CC12CCC(CCOc3cccc4cnccc34)(O1)c1c2c(O)n(-c2ccc(C#N)c3ccccc23)c1O. The third kappa shape index (κ3) is 3.01. The Bertz CT molecular complexity index is 1800. The van der Waals surface area contributed by atoms with Gasteiger partial charge < -0.3 is 19.7 Å². The lowest BCUT2D eigenvalue weighted by molar-refractivity contribution is -0.0875. The second kappa shape index (κ2) is 7.98. The molecule has 0 saturated carbocycles. The molecule has 2 bridgehead atoms. The molecule has 38 heavy (non-hydrogen) atoms. The van der Waals surface area contributed by atoms with Crippen LogP contribution in [0.2, 0.25) is 0 Å². The minimum atomic E-state index is -0.772. The minimum Gasteiger partial charge on any atom is -0.494 e. The molecule has 4 heterocycles. The van der Waals surface area contributed by atoms with Crippen LogP contribution >= 0.6 is 0 Å². The van der Waals surface area contributed by atoms with Crippen molar-refractivity contribution in [1.82, 2.24) is 9.55 Å². The maximum atomic E-state index is 11.6. The predicted molar refractivity (Wildman–Crippen MR) is 143 cm³/mol. The van der Waals surface area contributed by atoms with Crippen LogP contribution < -0.4 is 4.74 Å². The van der Waals surface area contributed by atoms with Gasteiger partial charge >= 0.3 is 0 Å². The summed E-state index contributed by atoms with van der Waals surface area (Å²) in [6, 6.07) is 21.1. The first-order chi connectivity index (χ1) is 18.5. The fourth-order valence-electron chi connectivity index (χ4n) is 6.46. The van der Waals surface area contributed by atoms with Crippen molar-refractivity contribution in [2.24, 2.45) is 0 Å². The Hall–Kier alpha value is -4.54. The van der Waals surface area contributed by atoms with Crippen LogP contribution in [0, 0.1) is 11.3 Å². The smallest absolute Gasteiger partial charge is 0.205 e. The number of aromatic hydroxyl groups is 2. The van der Waals surface area contributed by atoms with E-state index in [1.54, 1.807) is 18.3 Å². The van der Waals surface area contributed by atoms with Gasteiger partial charge in [-0.2, -0.15) is 5.26 Å². The maximum absolute atomic E-state index is 11.6. The van der Waals surface area contributed by atoms with E-state index in [9.17, 15) is 15.5 Å². The quantitative estimate of drug-likeness (QED) is 0.298. The van der Waals surface area contributed by atoms with Crippen LogP contribution in [0.3, 0.4) is 0 Å². The zero-order chi connectivity index (χ0) is 26.1. The number of hydrogen-bond donors (Lipinski definition) is 2. The van der Waals surface area contributed by atoms with Gasteiger partial charge in [-0.1, -0.05) is 36.4 Å². The van der Waals surface area contributed by atoms with Gasteiger partial charge in [0.15, 0.2) is 0 Å². The van der Waals surface area contributed by atoms with Crippen LogP contribution in [0.25, 0.3) is 27.2 Å². The molecule has 3 aromatic carbocycles. The van der Waals surface area contributed by atoms with Crippen LogP contribution in [0.15, 0.2) is 73.1 Å². The van der Waals surface area contributed by atoms with E-state index in [2.05, 4.69) is 11.1 Å². The fraction of sp³-hybridized carbons (Fsp3) is 0.226. The molecular formula is C31H25N3O4. The Morgan fingerprint density at radius 1 is 0.974 bits per heavy atom.